The normalized spacial score (nSPS) is 19.4. The summed E-state index contributed by atoms with van der Waals surface area (Å²) in [5.74, 6) is -1.56. The van der Waals surface area contributed by atoms with Crippen LogP contribution in [0.3, 0.4) is 0 Å². The van der Waals surface area contributed by atoms with Gasteiger partial charge >= 0.3 is 12.1 Å². The molecule has 3 heterocycles. The number of carbonyl (C=O) groups excluding carboxylic acids is 2. The number of aryl methyl sites for hydroxylation is 3. The average Bonchev–Trinajstić information content (AvgIpc) is 3.63. The summed E-state index contributed by atoms with van der Waals surface area (Å²) >= 11 is 0. The number of hydrogen-bond donors (Lipinski definition) is 5. The maximum Gasteiger partial charge on any atom is 0.410 e. The van der Waals surface area contributed by atoms with Crippen molar-refractivity contribution in [3.63, 3.8) is 0 Å². The minimum absolute atomic E-state index is 0.0110. The molecule has 0 bridgehead atoms. The van der Waals surface area contributed by atoms with E-state index in [9.17, 15) is 27.9 Å². The summed E-state index contributed by atoms with van der Waals surface area (Å²) in [6, 6.07) is 16.0. The Morgan fingerprint density at radius 2 is 1.81 bits per heavy atom. The molecule has 2 aromatic carbocycles. The van der Waals surface area contributed by atoms with E-state index >= 15 is 0 Å². The third kappa shape index (κ3) is 8.10. The van der Waals surface area contributed by atoms with Gasteiger partial charge in [0.25, 0.3) is 5.91 Å². The van der Waals surface area contributed by atoms with E-state index in [4.69, 9.17) is 9.57 Å². The van der Waals surface area contributed by atoms with Gasteiger partial charge in [-0.25, -0.2) is 18.2 Å². The number of nitrogens with one attached hydrogen (secondary N) is 4. The number of sulfonamides is 1. The molecule has 2 amide bonds. The van der Waals surface area contributed by atoms with Gasteiger partial charge in [-0.1, -0.05) is 54.1 Å². The monoisotopic (exact) mass is 678 g/mol. The lowest BCUT2D eigenvalue weighted by atomic mass is 9.99. The molecule has 0 aliphatic carbocycles. The Bertz CT molecular complexity index is 1780. The topological polar surface area (TPSA) is 188 Å². The molecular formula is C33H38N6O8S. The van der Waals surface area contributed by atoms with Gasteiger partial charge in [0.2, 0.25) is 10.0 Å². The van der Waals surface area contributed by atoms with Crippen LogP contribution < -0.4 is 20.8 Å². The van der Waals surface area contributed by atoms with Gasteiger partial charge in [-0.15, -0.1) is 0 Å². The number of aliphatic carboxylic acids is 1. The van der Waals surface area contributed by atoms with Crippen LogP contribution in [0.2, 0.25) is 0 Å². The van der Waals surface area contributed by atoms with Gasteiger partial charge in [0.1, 0.15) is 29.8 Å². The molecule has 2 aliphatic rings. The lowest BCUT2D eigenvalue weighted by molar-refractivity contribution is -0.138. The Balaban J connectivity index is 1.26. The van der Waals surface area contributed by atoms with Gasteiger partial charge in [0.05, 0.1) is 17.5 Å². The summed E-state index contributed by atoms with van der Waals surface area (Å²) in [6.45, 7) is 5.00. The quantitative estimate of drug-likeness (QED) is 0.189. The molecule has 1 spiro atoms. The number of amides is 2. The van der Waals surface area contributed by atoms with E-state index in [1.807, 2.05) is 43.3 Å². The van der Waals surface area contributed by atoms with Crippen molar-refractivity contribution in [1.82, 2.24) is 25.4 Å². The molecule has 0 saturated carbocycles. The number of carboxylic acid groups (broad SMARTS) is 1. The fourth-order valence-electron chi connectivity index (χ4n) is 5.95. The Hall–Kier alpha value is -4.99. The number of carboxylic acids is 1. The molecule has 48 heavy (non-hydrogen) atoms. The molecule has 2 unspecified atom stereocenters. The first-order valence-corrected chi connectivity index (χ1v) is 16.7. The van der Waals surface area contributed by atoms with Crippen LogP contribution in [-0.2, 0) is 35.8 Å². The first-order valence-electron chi connectivity index (χ1n) is 15.3. The Kier molecular flexibility index (Phi) is 10.3. The van der Waals surface area contributed by atoms with Crippen molar-refractivity contribution in [1.29, 1.82) is 0 Å². The van der Waals surface area contributed by atoms with E-state index in [1.165, 1.54) is 4.90 Å². The molecule has 15 heteroatoms. The van der Waals surface area contributed by atoms with Crippen molar-refractivity contribution in [2.75, 3.05) is 25.0 Å². The predicted molar refractivity (Wildman–Crippen MR) is 175 cm³/mol. The lowest BCUT2D eigenvalue weighted by Crippen LogP contribution is -2.49. The third-order valence-corrected chi connectivity index (χ3v) is 9.81. The fraction of sp³-hybridized carbons (Fsp3) is 0.333. The average molecular weight is 679 g/mol. The highest BCUT2D eigenvalue weighted by Crippen LogP contribution is 2.36. The van der Waals surface area contributed by atoms with Crippen LogP contribution in [0.4, 0.5) is 10.6 Å². The molecule has 254 valence electrons. The van der Waals surface area contributed by atoms with Crippen LogP contribution in [0.1, 0.15) is 28.7 Å². The number of anilines is 1. The van der Waals surface area contributed by atoms with Crippen molar-refractivity contribution in [2.24, 2.45) is 0 Å². The molecule has 14 nitrogen and oxygen atoms in total. The molecule has 1 saturated heterocycles. The number of rotatable bonds is 12. The van der Waals surface area contributed by atoms with Crippen LogP contribution in [0.5, 0.6) is 0 Å². The Labute approximate surface area is 278 Å². The van der Waals surface area contributed by atoms with Crippen molar-refractivity contribution >= 4 is 33.8 Å². The van der Waals surface area contributed by atoms with Gasteiger partial charge in [-0.3, -0.25) is 24.8 Å². The van der Waals surface area contributed by atoms with Gasteiger partial charge in [0, 0.05) is 25.7 Å². The molecule has 1 fully saturated rings. The molecule has 1 aromatic heterocycles. The summed E-state index contributed by atoms with van der Waals surface area (Å²) in [7, 11) is -4.23. The van der Waals surface area contributed by atoms with E-state index in [-0.39, 0.29) is 23.7 Å². The fourth-order valence-corrected chi connectivity index (χ4v) is 7.60. The second kappa shape index (κ2) is 14.4. The minimum Gasteiger partial charge on any atom is -0.480 e. The highest BCUT2D eigenvalue weighted by molar-refractivity contribution is 7.89. The number of aromatic nitrogens is 1. The van der Waals surface area contributed by atoms with Crippen LogP contribution in [-0.4, -0.2) is 78.7 Å². The highest BCUT2D eigenvalue weighted by Gasteiger charge is 2.50. The third-order valence-electron chi connectivity index (χ3n) is 8.04. The highest BCUT2D eigenvalue weighted by atomic mass is 32.2. The standard InChI is InChI=1S/C33H38N6O8S/c1-21-13-22(2)29(23(3)14-21)48(44,45)38-27(31(41)42)18-36-30(40)26-16-33(47-37-26)15-25(17-35-28-11-7-8-12-34-28)39(20-33)32(43)46-19-24-9-5-4-6-10-24/h4-14,16,25,27,37-38H,15,17-20H2,1-3H3,(H,34,35)(H,36,40)(H,41,42)/t25?,27?,33-/m0/s1. The van der Waals surface area contributed by atoms with Crippen molar-refractivity contribution < 1.29 is 37.5 Å². The molecule has 0 radical (unpaired) electrons. The van der Waals surface area contributed by atoms with Crippen LogP contribution in [0, 0.1) is 20.8 Å². The zero-order chi connectivity index (χ0) is 34.5. The lowest BCUT2D eigenvalue weighted by Gasteiger charge is -2.24. The van der Waals surface area contributed by atoms with E-state index in [1.54, 1.807) is 50.4 Å². The summed E-state index contributed by atoms with van der Waals surface area (Å²) in [4.78, 5) is 50.1. The van der Waals surface area contributed by atoms with Crippen molar-refractivity contribution in [3.05, 3.63) is 101 Å². The molecule has 2 aliphatic heterocycles. The first-order chi connectivity index (χ1) is 22.9. The molecule has 5 rings (SSSR count). The van der Waals surface area contributed by atoms with Crippen LogP contribution >= 0.6 is 0 Å². The van der Waals surface area contributed by atoms with Gasteiger partial charge in [0.15, 0.2) is 0 Å². The zero-order valence-electron chi connectivity index (χ0n) is 26.7. The SMILES string of the molecule is Cc1cc(C)c(S(=O)(=O)NC(CNC(=O)C2=C[C@]3(CC(CNc4ccccn4)N(C(=O)OCc4ccccc4)C3)ON2)C(=O)O)c(C)c1. The molecular weight excluding hydrogens is 640 g/mol. The number of benzene rings is 2. The molecule has 3 aromatic rings. The zero-order valence-corrected chi connectivity index (χ0v) is 27.5. The second-order valence-corrected chi connectivity index (χ2v) is 13.5. The molecule has 5 N–H and O–H groups in total. The summed E-state index contributed by atoms with van der Waals surface area (Å²) < 4.78 is 34.2. The van der Waals surface area contributed by atoms with Crippen molar-refractivity contribution in [3.8, 4) is 0 Å². The van der Waals surface area contributed by atoms with Crippen molar-refractivity contribution in [2.45, 2.75) is 56.4 Å². The maximum absolute atomic E-state index is 13.3. The number of hydrogen-bond acceptors (Lipinski definition) is 10. The molecule has 3 atom stereocenters. The second-order valence-electron chi connectivity index (χ2n) is 11.9. The maximum atomic E-state index is 13.3. The number of carbonyl (C=O) groups is 3. The number of hydroxylamine groups is 1. The summed E-state index contributed by atoms with van der Waals surface area (Å²) in [6.07, 6.45) is 2.92. The Morgan fingerprint density at radius 1 is 1.10 bits per heavy atom. The van der Waals surface area contributed by atoms with E-state index in [2.05, 4.69) is 25.8 Å². The number of nitrogens with zero attached hydrogens (tertiary/aromatic N) is 2. The van der Waals surface area contributed by atoms with E-state index in [0.717, 1.165) is 11.1 Å². The smallest absolute Gasteiger partial charge is 0.410 e. The van der Waals surface area contributed by atoms with E-state index < -0.39 is 52.2 Å². The minimum atomic E-state index is -4.23. The largest absolute Gasteiger partial charge is 0.480 e. The summed E-state index contributed by atoms with van der Waals surface area (Å²) in [5.41, 5.74) is 4.13. The number of ether oxygens (including phenoxy) is 1. The van der Waals surface area contributed by atoms with E-state index in [0.29, 0.717) is 29.9 Å². The van der Waals surface area contributed by atoms with Crippen LogP contribution in [0.25, 0.3) is 0 Å². The number of pyridine rings is 1. The predicted octanol–water partition coefficient (Wildman–Crippen LogP) is 2.54. The Morgan fingerprint density at radius 3 is 2.48 bits per heavy atom. The van der Waals surface area contributed by atoms with Crippen LogP contribution in [0.15, 0.2) is 83.5 Å². The first kappa shape index (κ1) is 34.3. The summed E-state index contributed by atoms with van der Waals surface area (Å²) in [5, 5.41) is 15.5. The van der Waals surface area contributed by atoms with Gasteiger partial charge in [-0.05, 0) is 55.7 Å². The van der Waals surface area contributed by atoms with Gasteiger partial charge in [-0.2, -0.15) is 4.72 Å². The number of likely N-dealkylation sites (tertiary alicyclic amines) is 1. The van der Waals surface area contributed by atoms with Gasteiger partial charge < -0.3 is 20.5 Å².